The van der Waals surface area contributed by atoms with Crippen LogP contribution in [0.2, 0.25) is 0 Å². The van der Waals surface area contributed by atoms with Gasteiger partial charge in [-0.05, 0) is 74.5 Å². The van der Waals surface area contributed by atoms with Crippen LogP contribution in [0.1, 0.15) is 59.3 Å². The number of ether oxygens (including phenoxy) is 2. The van der Waals surface area contributed by atoms with Gasteiger partial charge < -0.3 is 14.5 Å². The average molecular weight is 372 g/mol. The molecule has 0 radical (unpaired) electrons. The quantitative estimate of drug-likeness (QED) is 0.569. The molecular weight excluding hydrogens is 338 g/mol. The molecule has 27 heavy (non-hydrogen) atoms. The van der Waals surface area contributed by atoms with Crippen molar-refractivity contribution >= 4 is 5.97 Å². The Morgan fingerprint density at radius 3 is 2.85 bits per heavy atom. The number of carbonyl (C=O) groups is 1. The lowest BCUT2D eigenvalue weighted by Gasteiger charge is -2.47. The van der Waals surface area contributed by atoms with Crippen LogP contribution >= 0.6 is 0 Å². The fourth-order valence-electron chi connectivity index (χ4n) is 4.89. The number of esters is 1. The van der Waals surface area contributed by atoms with E-state index >= 15 is 0 Å². The number of aromatic nitrogens is 1. The van der Waals surface area contributed by atoms with Crippen LogP contribution in [-0.4, -0.2) is 23.7 Å². The summed E-state index contributed by atoms with van der Waals surface area (Å²) in [5.74, 6) is 2.33. The minimum atomic E-state index is -0.288. The molecule has 4 rings (SSSR count). The highest BCUT2D eigenvalue weighted by molar-refractivity contribution is 5.91. The zero-order chi connectivity index (χ0) is 19.4. The largest absolute Gasteiger partial charge is 0.471 e. The number of aromatic amines is 1. The highest BCUT2D eigenvalue weighted by Gasteiger charge is 2.40. The van der Waals surface area contributed by atoms with Crippen LogP contribution in [-0.2, 0) is 9.53 Å². The molecule has 1 aromatic rings. The van der Waals surface area contributed by atoms with Gasteiger partial charge >= 0.3 is 5.97 Å². The maximum atomic E-state index is 11.2. The third-order valence-corrected chi connectivity index (χ3v) is 6.39. The maximum Gasteiger partial charge on any atom is 0.337 e. The van der Waals surface area contributed by atoms with Crippen LogP contribution in [0.4, 0.5) is 0 Å². The summed E-state index contributed by atoms with van der Waals surface area (Å²) in [6, 6.07) is 3.64. The Morgan fingerprint density at radius 2 is 2.19 bits per heavy atom. The molecule has 1 aliphatic heterocycles. The number of hydrogen-bond acceptors (Lipinski definition) is 3. The van der Waals surface area contributed by atoms with Gasteiger partial charge in [0.25, 0.3) is 0 Å². The van der Waals surface area contributed by atoms with Crippen molar-refractivity contribution in [2.75, 3.05) is 6.61 Å². The van der Waals surface area contributed by atoms with E-state index in [9.17, 15) is 4.79 Å². The van der Waals surface area contributed by atoms with Crippen molar-refractivity contribution in [1.29, 1.82) is 0 Å². The van der Waals surface area contributed by atoms with Gasteiger partial charge in [0.2, 0.25) is 0 Å². The standard InChI is InChI=1S/C13H22.C10H11NO3/c1-10-6-7-12-11(9-10)5-4-8-13(12,2)3;1-7(8-4-6-13-10(8)12)14-9-3-2-5-11-9/h11-12H,1,4-9H2,2-3H3;2-5,7,11H,6H2,1H3. The van der Waals surface area contributed by atoms with Crippen LogP contribution in [0.5, 0.6) is 5.88 Å². The lowest BCUT2D eigenvalue weighted by Crippen LogP contribution is -2.37. The lowest BCUT2D eigenvalue weighted by atomic mass is 9.58. The smallest absolute Gasteiger partial charge is 0.337 e. The SMILES string of the molecule is C=C1CCC2C(CCCC2(C)C)C1.CC(Oc1ccc[nH]1)C1=CCOC1=O. The van der Waals surface area contributed by atoms with Gasteiger partial charge in [0.15, 0.2) is 5.88 Å². The average Bonchev–Trinajstić information content (AvgIpc) is 3.26. The molecule has 2 saturated carbocycles. The molecule has 148 valence electrons. The first-order valence-corrected chi connectivity index (χ1v) is 10.2. The summed E-state index contributed by atoms with van der Waals surface area (Å²) in [4.78, 5) is 14.1. The van der Waals surface area contributed by atoms with E-state index in [0.717, 1.165) is 11.8 Å². The van der Waals surface area contributed by atoms with Crippen molar-refractivity contribution in [2.24, 2.45) is 17.3 Å². The van der Waals surface area contributed by atoms with E-state index in [1.165, 1.54) is 44.1 Å². The summed E-state index contributed by atoms with van der Waals surface area (Å²) in [7, 11) is 0. The predicted molar refractivity (Wildman–Crippen MR) is 108 cm³/mol. The number of nitrogens with one attached hydrogen (secondary N) is 1. The molecule has 4 nitrogen and oxygen atoms in total. The van der Waals surface area contributed by atoms with Gasteiger partial charge in [0, 0.05) is 6.20 Å². The first kappa shape index (κ1) is 19.8. The summed E-state index contributed by atoms with van der Waals surface area (Å²) in [6.45, 7) is 11.3. The van der Waals surface area contributed by atoms with Crippen LogP contribution in [0, 0.1) is 17.3 Å². The fourth-order valence-corrected chi connectivity index (χ4v) is 4.89. The zero-order valence-corrected chi connectivity index (χ0v) is 16.9. The number of H-pyrrole nitrogens is 1. The number of rotatable bonds is 3. The molecule has 1 N–H and O–H groups in total. The van der Waals surface area contributed by atoms with E-state index in [-0.39, 0.29) is 12.1 Å². The topological polar surface area (TPSA) is 51.3 Å². The Labute approximate surface area is 163 Å². The summed E-state index contributed by atoms with van der Waals surface area (Å²) >= 11 is 0. The first-order chi connectivity index (χ1) is 12.9. The summed E-state index contributed by atoms with van der Waals surface area (Å²) in [5.41, 5.74) is 2.71. The van der Waals surface area contributed by atoms with Gasteiger partial charge in [-0.3, -0.25) is 0 Å². The van der Waals surface area contributed by atoms with Crippen molar-refractivity contribution in [3.63, 3.8) is 0 Å². The van der Waals surface area contributed by atoms with E-state index in [1.807, 2.05) is 13.0 Å². The Balaban J connectivity index is 0.000000156. The Morgan fingerprint density at radius 1 is 1.37 bits per heavy atom. The number of carbonyl (C=O) groups excluding carboxylic acids is 1. The Kier molecular flexibility index (Phi) is 6.13. The van der Waals surface area contributed by atoms with E-state index in [0.29, 0.717) is 23.5 Å². The van der Waals surface area contributed by atoms with Gasteiger partial charge in [-0.2, -0.15) is 0 Å². The molecule has 0 bridgehead atoms. The maximum absolute atomic E-state index is 11.2. The minimum absolute atomic E-state index is 0.274. The molecule has 1 aromatic heterocycles. The Bertz CT molecular complexity index is 686. The van der Waals surface area contributed by atoms with Crippen molar-refractivity contribution in [1.82, 2.24) is 4.98 Å². The number of allylic oxidation sites excluding steroid dienone is 1. The van der Waals surface area contributed by atoms with Crippen molar-refractivity contribution in [3.05, 3.63) is 42.1 Å². The first-order valence-electron chi connectivity index (χ1n) is 10.2. The number of cyclic esters (lactones) is 1. The van der Waals surface area contributed by atoms with Gasteiger partial charge in [-0.25, -0.2) is 4.79 Å². The van der Waals surface area contributed by atoms with Crippen molar-refractivity contribution in [2.45, 2.75) is 65.4 Å². The molecular formula is C23H33NO3. The van der Waals surface area contributed by atoms with E-state index in [4.69, 9.17) is 9.47 Å². The molecule has 4 heteroatoms. The van der Waals surface area contributed by atoms with E-state index in [1.54, 1.807) is 18.3 Å². The van der Waals surface area contributed by atoms with Crippen molar-refractivity contribution < 1.29 is 14.3 Å². The molecule has 3 unspecified atom stereocenters. The summed E-state index contributed by atoms with van der Waals surface area (Å²) in [5, 5.41) is 0. The second-order valence-corrected chi connectivity index (χ2v) is 8.79. The third-order valence-electron chi connectivity index (χ3n) is 6.39. The van der Waals surface area contributed by atoms with E-state index in [2.05, 4.69) is 25.4 Å². The molecule has 2 aliphatic carbocycles. The highest BCUT2D eigenvalue weighted by Crippen LogP contribution is 2.51. The van der Waals surface area contributed by atoms with Gasteiger partial charge in [-0.1, -0.05) is 32.4 Å². The molecule has 2 fully saturated rings. The van der Waals surface area contributed by atoms with Crippen LogP contribution in [0.25, 0.3) is 0 Å². The lowest BCUT2D eigenvalue weighted by molar-refractivity contribution is -0.136. The zero-order valence-electron chi connectivity index (χ0n) is 16.9. The molecule has 0 saturated heterocycles. The molecule has 3 atom stereocenters. The normalized spacial score (nSPS) is 27.6. The second kappa shape index (κ2) is 8.37. The van der Waals surface area contributed by atoms with Crippen molar-refractivity contribution in [3.8, 4) is 5.88 Å². The second-order valence-electron chi connectivity index (χ2n) is 8.79. The number of fused-ring (bicyclic) bond motifs is 1. The van der Waals surface area contributed by atoms with Crippen LogP contribution < -0.4 is 4.74 Å². The fraction of sp³-hybridized carbons (Fsp3) is 0.609. The Hall–Kier alpha value is -1.97. The van der Waals surface area contributed by atoms with Gasteiger partial charge in [-0.15, -0.1) is 0 Å². The van der Waals surface area contributed by atoms with Gasteiger partial charge in [0.05, 0.1) is 5.57 Å². The monoisotopic (exact) mass is 371 g/mol. The highest BCUT2D eigenvalue weighted by atomic mass is 16.5. The molecule has 0 aromatic carbocycles. The molecule has 3 aliphatic rings. The minimum Gasteiger partial charge on any atom is -0.471 e. The van der Waals surface area contributed by atoms with Crippen LogP contribution in [0.3, 0.4) is 0 Å². The summed E-state index contributed by atoms with van der Waals surface area (Å²) < 4.78 is 10.3. The van der Waals surface area contributed by atoms with E-state index < -0.39 is 0 Å². The van der Waals surface area contributed by atoms with Crippen LogP contribution in [0.15, 0.2) is 42.1 Å². The predicted octanol–water partition coefficient (Wildman–Crippen LogP) is 5.43. The molecule has 2 heterocycles. The third kappa shape index (κ3) is 4.85. The number of hydrogen-bond donors (Lipinski definition) is 1. The van der Waals surface area contributed by atoms with Gasteiger partial charge in [0.1, 0.15) is 12.7 Å². The summed E-state index contributed by atoms with van der Waals surface area (Å²) in [6.07, 6.45) is 11.6. The molecule has 0 spiro atoms. The molecule has 0 amide bonds.